The van der Waals surface area contributed by atoms with Crippen LogP contribution in [0.4, 0.5) is 0 Å². The fourth-order valence-electron chi connectivity index (χ4n) is 2.26. The average molecular weight is 238 g/mol. The van der Waals surface area contributed by atoms with E-state index in [1.165, 1.54) is 6.42 Å². The summed E-state index contributed by atoms with van der Waals surface area (Å²) in [6.07, 6.45) is 6.02. The van der Waals surface area contributed by atoms with Gasteiger partial charge in [-0.25, -0.2) is 0 Å². The maximum atomic E-state index is 11.0. The number of ketones is 1. The molecule has 0 aliphatic carbocycles. The van der Waals surface area contributed by atoms with Crippen molar-refractivity contribution in [1.82, 2.24) is 0 Å². The summed E-state index contributed by atoms with van der Waals surface area (Å²) in [4.78, 5) is 11.0. The third-order valence-electron chi connectivity index (χ3n) is 4.38. The highest BCUT2D eigenvalue weighted by molar-refractivity contribution is 5.87. The first-order chi connectivity index (χ1) is 7.43. The van der Waals surface area contributed by atoms with Crippen LogP contribution in [-0.2, 0) is 4.79 Å². The van der Waals surface area contributed by atoms with Gasteiger partial charge in [0.15, 0.2) is 5.78 Å². The van der Waals surface area contributed by atoms with Gasteiger partial charge < -0.3 is 0 Å². The van der Waals surface area contributed by atoms with Crippen LogP contribution in [0, 0.1) is 16.2 Å². The van der Waals surface area contributed by atoms with E-state index in [1.54, 1.807) is 13.0 Å². The van der Waals surface area contributed by atoms with Crippen molar-refractivity contribution in [1.29, 1.82) is 0 Å². The molecule has 0 fully saturated rings. The highest BCUT2D eigenvalue weighted by Gasteiger charge is 2.38. The Hall–Kier alpha value is -0.590. The number of allylic oxidation sites excluding steroid dienone is 2. The molecular formula is C16H30O. The Kier molecular flexibility index (Phi) is 5.18. The van der Waals surface area contributed by atoms with Crippen molar-refractivity contribution in [3.8, 4) is 0 Å². The fraction of sp³-hybridized carbons (Fsp3) is 0.812. The van der Waals surface area contributed by atoms with E-state index < -0.39 is 0 Å². The van der Waals surface area contributed by atoms with Crippen LogP contribution in [0.15, 0.2) is 12.2 Å². The van der Waals surface area contributed by atoms with E-state index in [2.05, 4.69) is 54.5 Å². The van der Waals surface area contributed by atoms with Crippen molar-refractivity contribution in [2.24, 2.45) is 16.2 Å². The molecular weight excluding hydrogens is 208 g/mol. The second kappa shape index (κ2) is 5.37. The lowest BCUT2D eigenvalue weighted by Gasteiger charge is -2.45. The number of carbonyl (C=O) groups is 1. The van der Waals surface area contributed by atoms with Gasteiger partial charge in [0.25, 0.3) is 0 Å². The molecule has 0 N–H and O–H groups in total. The van der Waals surface area contributed by atoms with Gasteiger partial charge in [-0.15, -0.1) is 0 Å². The van der Waals surface area contributed by atoms with Crippen LogP contribution in [0.2, 0.25) is 0 Å². The van der Waals surface area contributed by atoms with Gasteiger partial charge in [-0.1, -0.05) is 61.0 Å². The first kappa shape index (κ1) is 16.4. The van der Waals surface area contributed by atoms with Crippen LogP contribution in [-0.4, -0.2) is 5.78 Å². The van der Waals surface area contributed by atoms with Crippen LogP contribution >= 0.6 is 0 Å². The van der Waals surface area contributed by atoms with Crippen molar-refractivity contribution < 1.29 is 4.79 Å². The van der Waals surface area contributed by atoms with E-state index in [4.69, 9.17) is 0 Å². The highest BCUT2D eigenvalue weighted by atomic mass is 16.1. The third kappa shape index (κ3) is 5.06. The van der Waals surface area contributed by atoms with E-state index >= 15 is 0 Å². The molecule has 0 aromatic heterocycles. The van der Waals surface area contributed by atoms with E-state index in [1.807, 2.05) is 0 Å². The molecule has 0 aliphatic rings. The summed E-state index contributed by atoms with van der Waals surface area (Å²) in [5.74, 6) is 0.130. The molecule has 0 aromatic rings. The summed E-state index contributed by atoms with van der Waals surface area (Å²) >= 11 is 0. The van der Waals surface area contributed by atoms with E-state index in [0.29, 0.717) is 5.41 Å². The largest absolute Gasteiger partial charge is 0.295 e. The topological polar surface area (TPSA) is 17.1 Å². The SMILES string of the molecule is CCC(C)(C)C(C)(C)CC(C)(C)C=CC(C)=O. The maximum absolute atomic E-state index is 11.0. The zero-order valence-electron chi connectivity index (χ0n) is 13.0. The van der Waals surface area contributed by atoms with Gasteiger partial charge in [-0.05, 0) is 35.7 Å². The summed E-state index contributed by atoms with van der Waals surface area (Å²) in [6.45, 7) is 17.6. The standard InChI is InChI=1S/C16H30O/c1-9-15(5,6)16(7,8)12-14(3,4)11-10-13(2)17/h10-11H,9,12H2,1-8H3. The van der Waals surface area contributed by atoms with E-state index in [0.717, 1.165) is 6.42 Å². The van der Waals surface area contributed by atoms with Crippen LogP contribution in [0.3, 0.4) is 0 Å². The van der Waals surface area contributed by atoms with Gasteiger partial charge in [0.2, 0.25) is 0 Å². The van der Waals surface area contributed by atoms with Gasteiger partial charge in [0.1, 0.15) is 0 Å². The molecule has 0 aliphatic heterocycles. The van der Waals surface area contributed by atoms with Gasteiger partial charge in [-0.3, -0.25) is 4.79 Å². The molecule has 1 nitrogen and oxygen atoms in total. The van der Waals surface area contributed by atoms with Crippen molar-refractivity contribution in [3.63, 3.8) is 0 Å². The molecule has 0 amide bonds. The van der Waals surface area contributed by atoms with Gasteiger partial charge in [-0.2, -0.15) is 0 Å². The van der Waals surface area contributed by atoms with Crippen LogP contribution < -0.4 is 0 Å². The van der Waals surface area contributed by atoms with Crippen LogP contribution in [0.5, 0.6) is 0 Å². The molecule has 100 valence electrons. The van der Waals surface area contributed by atoms with Crippen molar-refractivity contribution >= 4 is 5.78 Å². The normalized spacial score (nSPS) is 14.4. The van der Waals surface area contributed by atoms with Gasteiger partial charge >= 0.3 is 0 Å². The molecule has 0 heterocycles. The number of carbonyl (C=O) groups excluding carboxylic acids is 1. The number of hydrogen-bond donors (Lipinski definition) is 0. The highest BCUT2D eigenvalue weighted by Crippen LogP contribution is 2.48. The second-order valence-corrected chi connectivity index (χ2v) is 7.23. The molecule has 0 radical (unpaired) electrons. The Balaban J connectivity index is 4.87. The molecule has 0 unspecified atom stereocenters. The Morgan fingerprint density at radius 1 is 1.00 bits per heavy atom. The molecule has 1 heteroatoms. The van der Waals surface area contributed by atoms with Crippen molar-refractivity contribution in [3.05, 3.63) is 12.2 Å². The maximum Gasteiger partial charge on any atom is 0.152 e. The second-order valence-electron chi connectivity index (χ2n) is 7.23. The molecule has 0 saturated heterocycles. The Morgan fingerprint density at radius 2 is 1.47 bits per heavy atom. The van der Waals surface area contributed by atoms with Gasteiger partial charge in [0, 0.05) is 0 Å². The molecule has 0 bridgehead atoms. The minimum atomic E-state index is 0.0710. The lowest BCUT2D eigenvalue weighted by Crippen LogP contribution is -2.35. The summed E-state index contributed by atoms with van der Waals surface area (Å²) in [5.41, 5.74) is 0.641. The lowest BCUT2D eigenvalue weighted by molar-refractivity contribution is -0.112. The number of rotatable bonds is 6. The molecule has 0 saturated carbocycles. The Bertz CT molecular complexity index is 293. The molecule has 17 heavy (non-hydrogen) atoms. The van der Waals surface area contributed by atoms with E-state index in [-0.39, 0.29) is 16.6 Å². The number of hydrogen-bond acceptors (Lipinski definition) is 1. The first-order valence-corrected chi connectivity index (χ1v) is 6.63. The third-order valence-corrected chi connectivity index (χ3v) is 4.38. The summed E-state index contributed by atoms with van der Waals surface area (Å²) < 4.78 is 0. The fourth-order valence-corrected chi connectivity index (χ4v) is 2.26. The monoisotopic (exact) mass is 238 g/mol. The minimum absolute atomic E-state index is 0.0710. The summed E-state index contributed by atoms with van der Waals surface area (Å²) in [7, 11) is 0. The molecule has 0 spiro atoms. The molecule has 0 atom stereocenters. The predicted molar refractivity (Wildman–Crippen MR) is 76.1 cm³/mol. The lowest BCUT2D eigenvalue weighted by atomic mass is 9.60. The molecule has 0 rings (SSSR count). The minimum Gasteiger partial charge on any atom is -0.295 e. The van der Waals surface area contributed by atoms with E-state index in [9.17, 15) is 4.79 Å². The smallest absolute Gasteiger partial charge is 0.152 e. The summed E-state index contributed by atoms with van der Waals surface area (Å²) in [6, 6.07) is 0. The first-order valence-electron chi connectivity index (χ1n) is 6.63. The van der Waals surface area contributed by atoms with Gasteiger partial charge in [0.05, 0.1) is 0 Å². The summed E-state index contributed by atoms with van der Waals surface area (Å²) in [5, 5.41) is 0. The molecule has 0 aromatic carbocycles. The van der Waals surface area contributed by atoms with Crippen LogP contribution in [0.25, 0.3) is 0 Å². The predicted octanol–water partition coefficient (Wildman–Crippen LogP) is 5.01. The zero-order chi connectivity index (χ0) is 13.9. The van der Waals surface area contributed by atoms with Crippen molar-refractivity contribution in [2.45, 2.75) is 68.2 Å². The van der Waals surface area contributed by atoms with Crippen molar-refractivity contribution in [2.75, 3.05) is 0 Å². The average Bonchev–Trinajstić information content (AvgIpc) is 2.13. The Labute approximate surface area is 108 Å². The Morgan fingerprint density at radius 3 is 1.82 bits per heavy atom. The quantitative estimate of drug-likeness (QED) is 0.594. The zero-order valence-corrected chi connectivity index (χ0v) is 13.0. The van der Waals surface area contributed by atoms with Crippen LogP contribution in [0.1, 0.15) is 68.2 Å².